The molecule has 1 aromatic carbocycles. The van der Waals surface area contributed by atoms with Crippen LogP contribution in [-0.4, -0.2) is 4.98 Å². The molecule has 3 nitrogen and oxygen atoms in total. The average Bonchev–Trinajstić information content (AvgIpc) is 2.85. The standard InChI is InChI=1S/C15H13ClN2O/c16-14-7-6-13(19-14)10-17-9-12-4-1-3-11-5-2-8-18-15(11)12/h1-8,17H,9-10H2. The molecule has 3 rings (SSSR count). The van der Waals surface area contributed by atoms with Crippen LogP contribution in [0.25, 0.3) is 10.9 Å². The highest BCUT2D eigenvalue weighted by Gasteiger charge is 2.03. The van der Waals surface area contributed by atoms with Crippen molar-refractivity contribution in [3.8, 4) is 0 Å². The Labute approximate surface area is 116 Å². The summed E-state index contributed by atoms with van der Waals surface area (Å²) >= 11 is 5.73. The quantitative estimate of drug-likeness (QED) is 0.786. The first-order chi connectivity index (χ1) is 9.33. The molecule has 0 spiro atoms. The predicted molar refractivity (Wildman–Crippen MR) is 76.0 cm³/mol. The molecule has 2 aromatic heterocycles. The van der Waals surface area contributed by atoms with Crippen LogP contribution in [0.5, 0.6) is 0 Å². The Bertz CT molecular complexity index is 688. The van der Waals surface area contributed by atoms with Crippen molar-refractivity contribution in [2.75, 3.05) is 0 Å². The van der Waals surface area contributed by atoms with E-state index >= 15 is 0 Å². The summed E-state index contributed by atoms with van der Waals surface area (Å²) in [6.07, 6.45) is 1.82. The van der Waals surface area contributed by atoms with Crippen LogP contribution < -0.4 is 5.32 Å². The van der Waals surface area contributed by atoms with Crippen molar-refractivity contribution in [2.45, 2.75) is 13.1 Å². The van der Waals surface area contributed by atoms with Crippen molar-refractivity contribution in [2.24, 2.45) is 0 Å². The number of para-hydroxylation sites is 1. The zero-order chi connectivity index (χ0) is 13.1. The maximum Gasteiger partial charge on any atom is 0.193 e. The molecular weight excluding hydrogens is 260 g/mol. The van der Waals surface area contributed by atoms with Crippen LogP contribution in [0.15, 0.2) is 53.1 Å². The van der Waals surface area contributed by atoms with E-state index in [0.29, 0.717) is 11.8 Å². The van der Waals surface area contributed by atoms with Gasteiger partial charge in [-0.1, -0.05) is 24.3 Å². The first-order valence-corrected chi connectivity index (χ1v) is 6.48. The second-order valence-electron chi connectivity index (χ2n) is 4.30. The zero-order valence-electron chi connectivity index (χ0n) is 10.3. The number of nitrogens with zero attached hydrogens (tertiary/aromatic N) is 1. The van der Waals surface area contributed by atoms with Gasteiger partial charge in [0.15, 0.2) is 5.22 Å². The fourth-order valence-corrected chi connectivity index (χ4v) is 2.24. The summed E-state index contributed by atoms with van der Waals surface area (Å²) in [5.74, 6) is 0.832. The Balaban J connectivity index is 1.71. The number of halogens is 1. The van der Waals surface area contributed by atoms with Crippen molar-refractivity contribution in [3.63, 3.8) is 0 Å². The molecule has 96 valence electrons. The zero-order valence-corrected chi connectivity index (χ0v) is 11.0. The highest BCUT2D eigenvalue weighted by Crippen LogP contribution is 2.16. The van der Waals surface area contributed by atoms with E-state index in [2.05, 4.69) is 28.5 Å². The summed E-state index contributed by atoms with van der Waals surface area (Å²) in [7, 11) is 0. The Morgan fingerprint density at radius 3 is 2.79 bits per heavy atom. The van der Waals surface area contributed by atoms with E-state index in [-0.39, 0.29) is 0 Å². The molecule has 2 heterocycles. The number of fused-ring (bicyclic) bond motifs is 1. The third-order valence-electron chi connectivity index (χ3n) is 2.96. The SMILES string of the molecule is Clc1ccc(CNCc2cccc3cccnc23)o1. The van der Waals surface area contributed by atoms with Gasteiger partial charge >= 0.3 is 0 Å². The second-order valence-corrected chi connectivity index (χ2v) is 4.67. The van der Waals surface area contributed by atoms with Crippen LogP contribution in [-0.2, 0) is 13.1 Å². The van der Waals surface area contributed by atoms with E-state index in [9.17, 15) is 0 Å². The van der Waals surface area contributed by atoms with Crippen LogP contribution in [0.4, 0.5) is 0 Å². The summed E-state index contributed by atoms with van der Waals surface area (Å²) in [5.41, 5.74) is 2.21. The fraction of sp³-hybridized carbons (Fsp3) is 0.133. The van der Waals surface area contributed by atoms with Crippen molar-refractivity contribution < 1.29 is 4.42 Å². The van der Waals surface area contributed by atoms with E-state index in [1.54, 1.807) is 6.07 Å². The molecule has 0 aliphatic carbocycles. The Morgan fingerprint density at radius 2 is 1.95 bits per heavy atom. The van der Waals surface area contributed by atoms with E-state index in [1.807, 2.05) is 24.4 Å². The summed E-state index contributed by atoms with van der Waals surface area (Å²) < 4.78 is 5.30. The number of nitrogens with one attached hydrogen (secondary N) is 1. The monoisotopic (exact) mass is 272 g/mol. The molecule has 0 amide bonds. The van der Waals surface area contributed by atoms with Gasteiger partial charge in [-0.2, -0.15) is 0 Å². The van der Waals surface area contributed by atoms with Gasteiger partial charge in [-0.3, -0.25) is 4.98 Å². The molecule has 0 saturated carbocycles. The maximum absolute atomic E-state index is 5.73. The van der Waals surface area contributed by atoms with Gasteiger partial charge in [0.2, 0.25) is 0 Å². The minimum absolute atomic E-state index is 0.420. The number of aromatic nitrogens is 1. The molecule has 0 radical (unpaired) electrons. The molecule has 0 aliphatic heterocycles. The van der Waals surface area contributed by atoms with Gasteiger partial charge in [0.1, 0.15) is 5.76 Å². The Kier molecular flexibility index (Phi) is 3.49. The van der Waals surface area contributed by atoms with Gasteiger partial charge in [-0.15, -0.1) is 0 Å². The first-order valence-electron chi connectivity index (χ1n) is 6.10. The number of pyridine rings is 1. The fourth-order valence-electron chi connectivity index (χ4n) is 2.08. The molecule has 0 bridgehead atoms. The summed E-state index contributed by atoms with van der Waals surface area (Å²) in [4.78, 5) is 4.43. The number of hydrogen-bond donors (Lipinski definition) is 1. The predicted octanol–water partition coefficient (Wildman–Crippen LogP) is 3.77. The highest BCUT2D eigenvalue weighted by atomic mass is 35.5. The normalized spacial score (nSPS) is 11.0. The largest absolute Gasteiger partial charge is 0.448 e. The summed E-state index contributed by atoms with van der Waals surface area (Å²) in [5, 5.41) is 4.91. The lowest BCUT2D eigenvalue weighted by Crippen LogP contribution is -2.12. The maximum atomic E-state index is 5.73. The van der Waals surface area contributed by atoms with Crippen LogP contribution in [0.1, 0.15) is 11.3 Å². The van der Waals surface area contributed by atoms with Gasteiger partial charge in [-0.25, -0.2) is 0 Å². The minimum atomic E-state index is 0.420. The van der Waals surface area contributed by atoms with Gasteiger partial charge in [-0.05, 0) is 35.4 Å². The van der Waals surface area contributed by atoms with Gasteiger partial charge in [0.25, 0.3) is 0 Å². The molecule has 0 unspecified atom stereocenters. The molecule has 3 aromatic rings. The highest BCUT2D eigenvalue weighted by molar-refractivity contribution is 6.28. The van der Waals surface area contributed by atoms with E-state index in [4.69, 9.17) is 16.0 Å². The number of rotatable bonds is 4. The Hall–Kier alpha value is -1.84. The van der Waals surface area contributed by atoms with Crippen LogP contribution in [0.3, 0.4) is 0 Å². The van der Waals surface area contributed by atoms with Gasteiger partial charge in [0.05, 0.1) is 12.1 Å². The van der Waals surface area contributed by atoms with Crippen molar-refractivity contribution in [1.29, 1.82) is 0 Å². The first kappa shape index (κ1) is 12.2. The van der Waals surface area contributed by atoms with E-state index in [0.717, 1.165) is 23.2 Å². The lowest BCUT2D eigenvalue weighted by atomic mass is 10.1. The van der Waals surface area contributed by atoms with Crippen molar-refractivity contribution >= 4 is 22.5 Å². The number of furan rings is 1. The molecule has 4 heteroatoms. The van der Waals surface area contributed by atoms with Crippen LogP contribution in [0.2, 0.25) is 5.22 Å². The Morgan fingerprint density at radius 1 is 1.05 bits per heavy atom. The molecule has 19 heavy (non-hydrogen) atoms. The molecule has 0 atom stereocenters. The van der Waals surface area contributed by atoms with Crippen molar-refractivity contribution in [1.82, 2.24) is 10.3 Å². The number of hydrogen-bond acceptors (Lipinski definition) is 3. The average molecular weight is 273 g/mol. The lowest BCUT2D eigenvalue weighted by Gasteiger charge is -2.06. The number of benzene rings is 1. The second kappa shape index (κ2) is 5.43. The molecule has 0 aliphatic rings. The molecular formula is C15H13ClN2O. The van der Waals surface area contributed by atoms with Gasteiger partial charge < -0.3 is 9.73 Å². The smallest absolute Gasteiger partial charge is 0.193 e. The third kappa shape index (κ3) is 2.78. The summed E-state index contributed by atoms with van der Waals surface area (Å²) in [6, 6.07) is 13.8. The van der Waals surface area contributed by atoms with Gasteiger partial charge in [0, 0.05) is 18.1 Å². The topological polar surface area (TPSA) is 38.1 Å². The minimum Gasteiger partial charge on any atom is -0.448 e. The molecule has 1 N–H and O–H groups in total. The van der Waals surface area contributed by atoms with Crippen LogP contribution >= 0.6 is 11.6 Å². The summed E-state index contributed by atoms with van der Waals surface area (Å²) in [6.45, 7) is 1.39. The third-order valence-corrected chi connectivity index (χ3v) is 3.16. The van der Waals surface area contributed by atoms with Crippen LogP contribution in [0, 0.1) is 0 Å². The van der Waals surface area contributed by atoms with E-state index < -0.39 is 0 Å². The molecule has 0 saturated heterocycles. The van der Waals surface area contributed by atoms with E-state index in [1.165, 1.54) is 5.56 Å². The van der Waals surface area contributed by atoms with Crippen molar-refractivity contribution in [3.05, 3.63) is 65.2 Å². The lowest BCUT2D eigenvalue weighted by molar-refractivity contribution is 0.485. The molecule has 0 fully saturated rings.